The molecule has 1 aliphatic heterocycles. The summed E-state index contributed by atoms with van der Waals surface area (Å²) in [7, 11) is -3.65. The average Bonchev–Trinajstić information content (AvgIpc) is 3.24. The maximum atomic E-state index is 12.6. The molecule has 7 nitrogen and oxygen atoms in total. The number of aromatic nitrogens is 2. The smallest absolute Gasteiger partial charge is 0.261 e. The molecule has 4 rings (SSSR count). The molecule has 0 spiro atoms. The van der Waals surface area contributed by atoms with E-state index in [1.807, 2.05) is 25.1 Å². The van der Waals surface area contributed by atoms with Gasteiger partial charge in [-0.2, -0.15) is 0 Å². The zero-order valence-electron chi connectivity index (χ0n) is 16.5. The molecule has 156 valence electrons. The van der Waals surface area contributed by atoms with Gasteiger partial charge in [-0.15, -0.1) is 0 Å². The molecule has 0 amide bonds. The Kier molecular flexibility index (Phi) is 5.92. The van der Waals surface area contributed by atoms with Crippen LogP contribution in [0.5, 0.6) is 0 Å². The third-order valence-corrected chi connectivity index (χ3v) is 6.64. The van der Waals surface area contributed by atoms with E-state index in [0.717, 1.165) is 24.6 Å². The molecule has 0 atom stereocenters. The lowest BCUT2D eigenvalue weighted by Crippen LogP contribution is -2.19. The Hall–Kier alpha value is -2.65. The molecule has 3 aromatic rings. The molecule has 2 heterocycles. The fourth-order valence-electron chi connectivity index (χ4n) is 3.34. The number of halogens is 1. The van der Waals surface area contributed by atoms with Crippen molar-refractivity contribution in [3.05, 3.63) is 64.9 Å². The van der Waals surface area contributed by atoms with E-state index in [0.29, 0.717) is 21.8 Å². The van der Waals surface area contributed by atoms with Crippen LogP contribution in [0.3, 0.4) is 0 Å². The van der Waals surface area contributed by atoms with Crippen molar-refractivity contribution in [1.29, 1.82) is 0 Å². The van der Waals surface area contributed by atoms with E-state index in [2.05, 4.69) is 40.8 Å². The monoisotopic (exact) mass is 487 g/mol. The van der Waals surface area contributed by atoms with Crippen LogP contribution in [0.2, 0.25) is 0 Å². The maximum Gasteiger partial charge on any atom is 0.261 e. The van der Waals surface area contributed by atoms with Crippen LogP contribution in [-0.4, -0.2) is 31.5 Å². The molecule has 1 aromatic heterocycles. The zero-order chi connectivity index (χ0) is 21.1. The van der Waals surface area contributed by atoms with Gasteiger partial charge in [-0.1, -0.05) is 22.0 Å². The van der Waals surface area contributed by atoms with Gasteiger partial charge in [0.25, 0.3) is 10.0 Å². The van der Waals surface area contributed by atoms with Gasteiger partial charge < -0.3 is 10.2 Å². The van der Waals surface area contributed by atoms with E-state index >= 15 is 0 Å². The molecule has 1 aliphatic rings. The minimum Gasteiger partial charge on any atom is -0.356 e. The van der Waals surface area contributed by atoms with Gasteiger partial charge in [0.05, 0.1) is 4.90 Å². The molecule has 2 N–H and O–H groups in total. The SMILES string of the molecule is Cc1nc(Nc2ccc(NS(=O)(=O)c3cccc(Br)c3)cc2)cc(N2CCCC2)n1. The standard InChI is InChI=1S/C21H22BrN5O2S/c1-15-23-20(14-21(24-15)27-11-2-3-12-27)25-17-7-9-18(10-8-17)26-30(28,29)19-6-4-5-16(22)13-19/h4-10,13-14,26H,2-3,11-12H2,1H3,(H,23,24,25). The second-order valence-corrected chi connectivity index (χ2v) is 9.72. The molecule has 1 saturated heterocycles. The number of sulfonamides is 1. The van der Waals surface area contributed by atoms with Crippen LogP contribution in [0.1, 0.15) is 18.7 Å². The molecule has 0 aliphatic carbocycles. The molecular weight excluding hydrogens is 466 g/mol. The summed E-state index contributed by atoms with van der Waals surface area (Å²) in [6.45, 7) is 3.91. The highest BCUT2D eigenvalue weighted by Crippen LogP contribution is 2.25. The third-order valence-electron chi connectivity index (χ3n) is 4.77. The molecule has 1 fully saturated rings. The van der Waals surface area contributed by atoms with Crippen molar-refractivity contribution in [2.24, 2.45) is 0 Å². The summed E-state index contributed by atoms with van der Waals surface area (Å²) >= 11 is 3.30. The second kappa shape index (κ2) is 8.61. The lowest BCUT2D eigenvalue weighted by atomic mass is 10.3. The molecule has 0 bridgehead atoms. The number of aryl methyl sites for hydroxylation is 1. The molecule has 2 aromatic carbocycles. The van der Waals surface area contributed by atoms with Crippen LogP contribution in [0, 0.1) is 6.92 Å². The van der Waals surface area contributed by atoms with E-state index in [9.17, 15) is 8.42 Å². The Morgan fingerprint density at radius 1 is 0.967 bits per heavy atom. The first-order valence-electron chi connectivity index (χ1n) is 9.65. The summed E-state index contributed by atoms with van der Waals surface area (Å²) in [6, 6.07) is 15.6. The maximum absolute atomic E-state index is 12.6. The van der Waals surface area contributed by atoms with Crippen LogP contribution in [0.15, 0.2) is 64.0 Å². The molecule has 0 saturated carbocycles. The van der Waals surface area contributed by atoms with Gasteiger partial charge in [0.15, 0.2) is 0 Å². The first kappa shape index (κ1) is 20.6. The summed E-state index contributed by atoms with van der Waals surface area (Å²) in [5, 5.41) is 3.28. The van der Waals surface area contributed by atoms with Crippen LogP contribution in [-0.2, 0) is 10.0 Å². The zero-order valence-corrected chi connectivity index (χ0v) is 18.9. The van der Waals surface area contributed by atoms with E-state index in [1.165, 1.54) is 12.8 Å². The lowest BCUT2D eigenvalue weighted by molar-refractivity contribution is 0.601. The predicted octanol–water partition coefficient (Wildman–Crippen LogP) is 4.69. The van der Waals surface area contributed by atoms with E-state index in [-0.39, 0.29) is 4.90 Å². The number of benzene rings is 2. The summed E-state index contributed by atoms with van der Waals surface area (Å²) in [4.78, 5) is 11.5. The number of rotatable bonds is 6. The van der Waals surface area contributed by atoms with Gasteiger partial charge in [0, 0.05) is 35.0 Å². The molecule has 0 radical (unpaired) electrons. The number of nitrogens with zero attached hydrogens (tertiary/aromatic N) is 3. The van der Waals surface area contributed by atoms with Gasteiger partial charge in [-0.3, -0.25) is 4.72 Å². The van der Waals surface area contributed by atoms with E-state index in [1.54, 1.807) is 36.4 Å². The lowest BCUT2D eigenvalue weighted by Gasteiger charge is -2.18. The van der Waals surface area contributed by atoms with Gasteiger partial charge >= 0.3 is 0 Å². The highest BCUT2D eigenvalue weighted by atomic mass is 79.9. The Morgan fingerprint density at radius 2 is 1.67 bits per heavy atom. The quantitative estimate of drug-likeness (QED) is 0.524. The Labute approximate surface area is 184 Å². The van der Waals surface area contributed by atoms with Gasteiger partial charge in [-0.25, -0.2) is 18.4 Å². The number of nitrogens with one attached hydrogen (secondary N) is 2. The average molecular weight is 488 g/mol. The van der Waals surface area contributed by atoms with Crippen molar-refractivity contribution >= 4 is 49.0 Å². The number of anilines is 4. The predicted molar refractivity (Wildman–Crippen MR) is 123 cm³/mol. The van der Waals surface area contributed by atoms with E-state index in [4.69, 9.17) is 0 Å². The first-order chi connectivity index (χ1) is 14.4. The van der Waals surface area contributed by atoms with Gasteiger partial charge in [-0.05, 0) is 62.2 Å². The third kappa shape index (κ3) is 4.91. The molecule has 30 heavy (non-hydrogen) atoms. The Bertz CT molecular complexity index is 1150. The fraction of sp³-hybridized carbons (Fsp3) is 0.238. The Morgan fingerprint density at radius 3 is 2.37 bits per heavy atom. The fourth-order valence-corrected chi connectivity index (χ4v) is 5.00. The number of hydrogen-bond donors (Lipinski definition) is 2. The largest absolute Gasteiger partial charge is 0.356 e. The summed E-state index contributed by atoms with van der Waals surface area (Å²) in [6.07, 6.45) is 2.37. The molecule has 9 heteroatoms. The van der Waals surface area contributed by atoms with Crippen molar-refractivity contribution in [3.63, 3.8) is 0 Å². The van der Waals surface area contributed by atoms with Crippen molar-refractivity contribution in [2.45, 2.75) is 24.7 Å². The summed E-state index contributed by atoms with van der Waals surface area (Å²) in [5.74, 6) is 2.35. The molecule has 0 unspecified atom stereocenters. The highest BCUT2D eigenvalue weighted by Gasteiger charge is 2.16. The summed E-state index contributed by atoms with van der Waals surface area (Å²) < 4.78 is 28.4. The second-order valence-electron chi connectivity index (χ2n) is 7.12. The normalized spacial score (nSPS) is 14.0. The Balaban J connectivity index is 1.48. The van der Waals surface area contributed by atoms with Crippen molar-refractivity contribution < 1.29 is 8.42 Å². The van der Waals surface area contributed by atoms with Crippen LogP contribution in [0.4, 0.5) is 23.0 Å². The van der Waals surface area contributed by atoms with Gasteiger partial charge in [0.2, 0.25) is 0 Å². The van der Waals surface area contributed by atoms with E-state index < -0.39 is 10.0 Å². The molecular formula is C21H22BrN5O2S. The van der Waals surface area contributed by atoms with Crippen LogP contribution < -0.4 is 14.9 Å². The first-order valence-corrected chi connectivity index (χ1v) is 11.9. The topological polar surface area (TPSA) is 87.2 Å². The number of hydrogen-bond acceptors (Lipinski definition) is 6. The van der Waals surface area contributed by atoms with Crippen molar-refractivity contribution in [3.8, 4) is 0 Å². The minimum absolute atomic E-state index is 0.199. The summed E-state index contributed by atoms with van der Waals surface area (Å²) in [5.41, 5.74) is 1.29. The van der Waals surface area contributed by atoms with Crippen LogP contribution >= 0.6 is 15.9 Å². The van der Waals surface area contributed by atoms with Gasteiger partial charge in [0.1, 0.15) is 17.5 Å². The van der Waals surface area contributed by atoms with Crippen molar-refractivity contribution in [1.82, 2.24) is 9.97 Å². The highest BCUT2D eigenvalue weighted by molar-refractivity contribution is 9.10. The van der Waals surface area contributed by atoms with Crippen molar-refractivity contribution in [2.75, 3.05) is 28.0 Å². The minimum atomic E-state index is -3.65. The van der Waals surface area contributed by atoms with Crippen LogP contribution in [0.25, 0.3) is 0 Å².